The van der Waals surface area contributed by atoms with Gasteiger partial charge in [-0.15, -0.1) is 0 Å². The lowest BCUT2D eigenvalue weighted by Gasteiger charge is -2.20. The van der Waals surface area contributed by atoms with E-state index in [1.165, 1.54) is 5.56 Å². The molecule has 0 bridgehead atoms. The summed E-state index contributed by atoms with van der Waals surface area (Å²) in [4.78, 5) is 12.4. The van der Waals surface area contributed by atoms with Gasteiger partial charge in [0.25, 0.3) is 0 Å². The number of rotatable bonds is 4. The summed E-state index contributed by atoms with van der Waals surface area (Å²) >= 11 is 0. The summed E-state index contributed by atoms with van der Waals surface area (Å²) in [5.41, 5.74) is 4.83. The monoisotopic (exact) mass is 297 g/mol. The van der Waals surface area contributed by atoms with E-state index in [9.17, 15) is 9.90 Å². The molecule has 1 amide bonds. The van der Waals surface area contributed by atoms with Gasteiger partial charge in [0.2, 0.25) is 5.91 Å². The number of carbonyl (C=O) groups is 1. The Morgan fingerprint density at radius 3 is 2.14 bits per heavy atom. The van der Waals surface area contributed by atoms with Crippen LogP contribution in [0.25, 0.3) is 0 Å². The van der Waals surface area contributed by atoms with Crippen LogP contribution in [0.15, 0.2) is 42.5 Å². The van der Waals surface area contributed by atoms with Gasteiger partial charge in [0.05, 0.1) is 12.0 Å². The summed E-state index contributed by atoms with van der Waals surface area (Å²) in [6.07, 6.45) is -0.813. The Bertz CT molecular complexity index is 641. The number of amides is 1. The Balaban J connectivity index is 2.16. The lowest BCUT2D eigenvalue weighted by atomic mass is 9.96. The normalized spacial score (nSPS) is 13.5. The zero-order chi connectivity index (χ0) is 16.3. The molecular formula is C19H23NO2. The van der Waals surface area contributed by atoms with E-state index in [1.807, 2.05) is 63.2 Å². The third-order valence-electron chi connectivity index (χ3n) is 3.95. The summed E-state index contributed by atoms with van der Waals surface area (Å²) in [6, 6.07) is 13.4. The van der Waals surface area contributed by atoms with Crippen molar-refractivity contribution in [1.29, 1.82) is 0 Å². The van der Waals surface area contributed by atoms with E-state index in [0.29, 0.717) is 0 Å². The Labute approximate surface area is 132 Å². The first-order valence-electron chi connectivity index (χ1n) is 7.52. The average Bonchev–Trinajstić information content (AvgIpc) is 2.50. The highest BCUT2D eigenvalue weighted by atomic mass is 16.3. The van der Waals surface area contributed by atoms with Crippen LogP contribution >= 0.6 is 0 Å². The van der Waals surface area contributed by atoms with E-state index < -0.39 is 12.0 Å². The van der Waals surface area contributed by atoms with Crippen LogP contribution in [0.2, 0.25) is 0 Å². The van der Waals surface area contributed by atoms with Crippen LogP contribution in [-0.2, 0) is 4.79 Å². The SMILES string of the molecule is Cc1cc(C)c(NC(=O)[C@@H](C)[C@H](O)c2ccccc2)c(C)c1. The number of carbonyl (C=O) groups excluding carboxylic acids is 1. The van der Waals surface area contributed by atoms with E-state index in [0.717, 1.165) is 22.4 Å². The van der Waals surface area contributed by atoms with Crippen LogP contribution in [0.3, 0.4) is 0 Å². The van der Waals surface area contributed by atoms with Gasteiger partial charge in [-0.2, -0.15) is 0 Å². The van der Waals surface area contributed by atoms with E-state index in [4.69, 9.17) is 0 Å². The van der Waals surface area contributed by atoms with E-state index in [-0.39, 0.29) is 5.91 Å². The maximum atomic E-state index is 12.4. The summed E-state index contributed by atoms with van der Waals surface area (Å²) in [7, 11) is 0. The molecule has 0 saturated heterocycles. The standard InChI is InChI=1S/C19H23NO2/c1-12-10-13(2)17(14(3)11-12)20-19(22)15(4)18(21)16-8-6-5-7-9-16/h5-11,15,18,21H,1-4H3,(H,20,22)/t15-,18-/m0/s1. The molecule has 0 fully saturated rings. The van der Waals surface area contributed by atoms with Crippen molar-refractivity contribution >= 4 is 11.6 Å². The minimum absolute atomic E-state index is 0.175. The topological polar surface area (TPSA) is 49.3 Å². The van der Waals surface area contributed by atoms with Gasteiger partial charge in [-0.3, -0.25) is 4.79 Å². The molecule has 0 aliphatic heterocycles. The van der Waals surface area contributed by atoms with Gasteiger partial charge in [0.15, 0.2) is 0 Å². The maximum Gasteiger partial charge on any atom is 0.230 e. The summed E-state index contributed by atoms with van der Waals surface area (Å²) in [5.74, 6) is -0.700. The fourth-order valence-corrected chi connectivity index (χ4v) is 2.70. The average molecular weight is 297 g/mol. The second kappa shape index (κ2) is 6.75. The van der Waals surface area contributed by atoms with E-state index >= 15 is 0 Å². The molecule has 2 atom stereocenters. The van der Waals surface area contributed by atoms with Gasteiger partial charge < -0.3 is 10.4 Å². The van der Waals surface area contributed by atoms with Crippen LogP contribution in [-0.4, -0.2) is 11.0 Å². The quantitative estimate of drug-likeness (QED) is 0.898. The Morgan fingerprint density at radius 2 is 1.59 bits per heavy atom. The summed E-state index contributed by atoms with van der Waals surface area (Å²) < 4.78 is 0. The van der Waals surface area contributed by atoms with Crippen molar-refractivity contribution in [3.63, 3.8) is 0 Å². The van der Waals surface area contributed by atoms with Gasteiger partial charge in [-0.1, -0.05) is 55.0 Å². The summed E-state index contributed by atoms with van der Waals surface area (Å²) in [5, 5.41) is 13.3. The van der Waals surface area contributed by atoms with Crippen molar-refractivity contribution in [2.75, 3.05) is 5.32 Å². The van der Waals surface area contributed by atoms with Gasteiger partial charge in [0.1, 0.15) is 0 Å². The minimum Gasteiger partial charge on any atom is -0.388 e. The predicted octanol–water partition coefficient (Wildman–Crippen LogP) is 3.92. The van der Waals surface area contributed by atoms with Crippen molar-refractivity contribution in [3.8, 4) is 0 Å². The molecule has 116 valence electrons. The molecule has 0 unspecified atom stereocenters. The molecule has 2 rings (SSSR count). The van der Waals surface area contributed by atoms with Gasteiger partial charge >= 0.3 is 0 Å². The number of nitrogens with one attached hydrogen (secondary N) is 1. The van der Waals surface area contributed by atoms with Crippen molar-refractivity contribution in [2.24, 2.45) is 5.92 Å². The molecule has 3 heteroatoms. The zero-order valence-electron chi connectivity index (χ0n) is 13.6. The molecule has 22 heavy (non-hydrogen) atoms. The van der Waals surface area contributed by atoms with Crippen LogP contribution in [0.4, 0.5) is 5.69 Å². The molecular weight excluding hydrogens is 274 g/mol. The third kappa shape index (κ3) is 3.55. The number of aryl methyl sites for hydroxylation is 3. The minimum atomic E-state index is -0.813. The largest absolute Gasteiger partial charge is 0.388 e. The second-order valence-electron chi connectivity index (χ2n) is 5.91. The van der Waals surface area contributed by atoms with E-state index in [2.05, 4.69) is 5.32 Å². The molecule has 0 radical (unpaired) electrons. The molecule has 2 N–H and O–H groups in total. The molecule has 3 nitrogen and oxygen atoms in total. The van der Waals surface area contributed by atoms with Crippen LogP contribution in [0, 0.1) is 26.7 Å². The van der Waals surface area contributed by atoms with Gasteiger partial charge in [-0.25, -0.2) is 0 Å². The fraction of sp³-hybridized carbons (Fsp3) is 0.316. The molecule has 0 aliphatic carbocycles. The van der Waals surface area contributed by atoms with Crippen LogP contribution in [0.1, 0.15) is 35.3 Å². The first-order chi connectivity index (χ1) is 10.4. The Hall–Kier alpha value is -2.13. The second-order valence-corrected chi connectivity index (χ2v) is 5.91. The predicted molar refractivity (Wildman–Crippen MR) is 89.8 cm³/mol. The molecule has 0 aromatic heterocycles. The van der Waals surface area contributed by atoms with Crippen LogP contribution < -0.4 is 5.32 Å². The first-order valence-corrected chi connectivity index (χ1v) is 7.52. The lowest BCUT2D eigenvalue weighted by molar-refractivity contribution is -0.122. The van der Waals surface area contributed by atoms with Crippen molar-refractivity contribution in [2.45, 2.75) is 33.8 Å². The number of hydrogen-bond acceptors (Lipinski definition) is 2. The Morgan fingerprint density at radius 1 is 1.05 bits per heavy atom. The van der Waals surface area contributed by atoms with Crippen molar-refractivity contribution in [1.82, 2.24) is 0 Å². The third-order valence-corrected chi connectivity index (χ3v) is 3.95. The number of aliphatic hydroxyl groups is 1. The highest BCUT2D eigenvalue weighted by Crippen LogP contribution is 2.26. The van der Waals surface area contributed by atoms with Crippen molar-refractivity contribution in [3.05, 3.63) is 64.7 Å². The number of benzene rings is 2. The lowest BCUT2D eigenvalue weighted by Crippen LogP contribution is -2.26. The first kappa shape index (κ1) is 16.2. The summed E-state index contributed by atoms with van der Waals surface area (Å²) in [6.45, 7) is 7.74. The molecule has 0 saturated carbocycles. The maximum absolute atomic E-state index is 12.4. The fourth-order valence-electron chi connectivity index (χ4n) is 2.70. The smallest absolute Gasteiger partial charge is 0.230 e. The Kier molecular flexibility index (Phi) is 4.99. The highest BCUT2D eigenvalue weighted by Gasteiger charge is 2.24. The number of hydrogen-bond donors (Lipinski definition) is 2. The molecule has 0 heterocycles. The van der Waals surface area contributed by atoms with E-state index in [1.54, 1.807) is 6.92 Å². The van der Waals surface area contributed by atoms with Crippen molar-refractivity contribution < 1.29 is 9.90 Å². The van der Waals surface area contributed by atoms with Gasteiger partial charge in [-0.05, 0) is 37.5 Å². The van der Waals surface area contributed by atoms with Crippen LogP contribution in [0.5, 0.6) is 0 Å². The number of anilines is 1. The zero-order valence-corrected chi connectivity index (χ0v) is 13.6. The molecule has 2 aromatic carbocycles. The molecule has 0 spiro atoms. The highest BCUT2D eigenvalue weighted by molar-refractivity contribution is 5.94. The number of aliphatic hydroxyl groups excluding tert-OH is 1. The molecule has 2 aromatic rings. The molecule has 0 aliphatic rings. The van der Waals surface area contributed by atoms with Gasteiger partial charge in [0, 0.05) is 5.69 Å².